The van der Waals surface area contributed by atoms with Crippen molar-refractivity contribution in [2.45, 2.75) is 158 Å². The molecule has 0 heterocycles. The first-order chi connectivity index (χ1) is 17.9. The number of thiol groups is 2. The van der Waals surface area contributed by atoms with Crippen LogP contribution in [0.15, 0.2) is 0 Å². The molecule has 0 aromatic carbocycles. The Morgan fingerprint density at radius 1 is 0.333 bits per heavy atom. The molecule has 0 aromatic heterocycles. The molecular formula is C32H74MoN2S4. The molecule has 0 N–H and O–H groups in total. The monoisotopic (exact) mass is 712 g/mol. The molecule has 0 atom stereocenters. The minimum absolute atomic E-state index is 0. The zero-order valence-corrected chi connectivity index (χ0v) is 33.4. The van der Waals surface area contributed by atoms with Gasteiger partial charge in [-0.3, -0.25) is 0 Å². The zero-order valence-electron chi connectivity index (χ0n) is 28.0. The average molecular weight is 711 g/mol. The van der Waals surface area contributed by atoms with Crippen LogP contribution in [-0.2, 0) is 41.9 Å². The van der Waals surface area contributed by atoms with Gasteiger partial charge in [0.05, 0.1) is 52.4 Å². The van der Waals surface area contributed by atoms with Gasteiger partial charge in [-0.25, -0.2) is 0 Å². The minimum atomic E-state index is -0.363. The van der Waals surface area contributed by atoms with E-state index in [0.29, 0.717) is 0 Å². The van der Waals surface area contributed by atoms with Gasteiger partial charge in [0.15, 0.2) is 0 Å². The fourth-order valence-corrected chi connectivity index (χ4v) is 5.29. The van der Waals surface area contributed by atoms with Crippen molar-refractivity contribution in [2.24, 2.45) is 0 Å². The van der Waals surface area contributed by atoms with Crippen molar-refractivity contribution in [2.75, 3.05) is 52.4 Å². The van der Waals surface area contributed by atoms with Gasteiger partial charge in [0.1, 0.15) is 0 Å². The quantitative estimate of drug-likeness (QED) is 0.0423. The van der Waals surface area contributed by atoms with E-state index < -0.39 is 0 Å². The van der Waals surface area contributed by atoms with Crippen molar-refractivity contribution in [3.63, 3.8) is 0 Å². The molecule has 0 aliphatic heterocycles. The third-order valence-electron chi connectivity index (χ3n) is 7.89. The Balaban J connectivity index is -0.000000171. The molecular weight excluding hydrogens is 637 g/mol. The van der Waals surface area contributed by atoms with Crippen LogP contribution >= 0.6 is 19.6 Å². The summed E-state index contributed by atoms with van der Waals surface area (Å²) in [5, 5.41) is 0. The first-order valence-electron chi connectivity index (χ1n) is 16.5. The maximum absolute atomic E-state index is 4.34. The van der Waals surface area contributed by atoms with Gasteiger partial charge in [-0.2, -0.15) is 0 Å². The SMILES string of the molecule is CCCC[N+](CCCC)(CCCC)CCCC.CCCC[N+](CCCC)(CCCC)CCCC.[SH-].[SH-].[S]=[Mo]=[S]. The number of nitrogens with zero attached hydrogens (tertiary/aromatic N) is 2. The van der Waals surface area contributed by atoms with Crippen LogP contribution in [0.2, 0.25) is 0 Å². The molecule has 2 nitrogen and oxygen atoms in total. The molecule has 39 heavy (non-hydrogen) atoms. The van der Waals surface area contributed by atoms with Gasteiger partial charge >= 0.3 is 34.6 Å². The summed E-state index contributed by atoms with van der Waals surface area (Å²) >= 11 is -0.363. The van der Waals surface area contributed by atoms with Gasteiger partial charge in [0, 0.05) is 0 Å². The maximum atomic E-state index is 4.34. The van der Waals surface area contributed by atoms with E-state index in [1.807, 2.05) is 0 Å². The van der Waals surface area contributed by atoms with Gasteiger partial charge in [0.25, 0.3) is 0 Å². The second kappa shape index (κ2) is 39.7. The van der Waals surface area contributed by atoms with Crippen LogP contribution in [0.25, 0.3) is 0 Å². The second-order valence-electron chi connectivity index (χ2n) is 11.4. The summed E-state index contributed by atoms with van der Waals surface area (Å²) in [6.45, 7) is 30.0. The van der Waals surface area contributed by atoms with E-state index in [1.165, 1.54) is 164 Å². The Morgan fingerprint density at radius 3 is 0.513 bits per heavy atom. The Kier molecular flexibility index (Phi) is 51.3. The molecule has 0 spiro atoms. The Bertz CT molecular complexity index is 364. The van der Waals surface area contributed by atoms with E-state index >= 15 is 0 Å². The Hall–Kier alpha value is 1.75. The number of unbranched alkanes of at least 4 members (excludes halogenated alkanes) is 8. The number of rotatable bonds is 24. The summed E-state index contributed by atoms with van der Waals surface area (Å²) in [6, 6.07) is 0. The van der Waals surface area contributed by atoms with Gasteiger partial charge in [-0.15, -0.1) is 0 Å². The molecule has 0 bridgehead atoms. The van der Waals surface area contributed by atoms with Crippen LogP contribution in [-0.4, -0.2) is 61.3 Å². The molecule has 0 aromatic rings. The van der Waals surface area contributed by atoms with Crippen LogP contribution in [0.4, 0.5) is 0 Å². The topological polar surface area (TPSA) is 0 Å². The molecule has 0 unspecified atom stereocenters. The molecule has 0 saturated carbocycles. The van der Waals surface area contributed by atoms with E-state index in [2.05, 4.69) is 75.0 Å². The third kappa shape index (κ3) is 32.5. The average Bonchev–Trinajstić information content (AvgIpc) is 2.92. The van der Waals surface area contributed by atoms with Gasteiger partial charge in [-0.1, -0.05) is 107 Å². The van der Waals surface area contributed by atoms with Crippen molar-refractivity contribution < 1.29 is 23.9 Å². The van der Waals surface area contributed by atoms with Crippen LogP contribution in [0.3, 0.4) is 0 Å². The fraction of sp³-hybridized carbons (Fsp3) is 1.00. The van der Waals surface area contributed by atoms with Crippen molar-refractivity contribution in [1.29, 1.82) is 0 Å². The van der Waals surface area contributed by atoms with Crippen LogP contribution in [0.1, 0.15) is 158 Å². The predicted molar refractivity (Wildman–Crippen MR) is 191 cm³/mol. The fourth-order valence-electron chi connectivity index (χ4n) is 5.29. The molecule has 0 amide bonds. The summed E-state index contributed by atoms with van der Waals surface area (Å²) in [5.41, 5.74) is 0. The summed E-state index contributed by atoms with van der Waals surface area (Å²) in [6.07, 6.45) is 22.1. The molecule has 0 aliphatic rings. The van der Waals surface area contributed by atoms with E-state index in [0.717, 1.165) is 0 Å². The summed E-state index contributed by atoms with van der Waals surface area (Å²) in [4.78, 5) is 0. The van der Waals surface area contributed by atoms with Gasteiger partial charge in [0.2, 0.25) is 0 Å². The molecule has 0 saturated heterocycles. The van der Waals surface area contributed by atoms with Crippen LogP contribution in [0, 0.1) is 0 Å². The van der Waals surface area contributed by atoms with Gasteiger partial charge < -0.3 is 36.0 Å². The Morgan fingerprint density at radius 2 is 0.436 bits per heavy atom. The van der Waals surface area contributed by atoms with Gasteiger partial charge in [-0.05, 0) is 51.4 Å². The van der Waals surface area contributed by atoms with E-state index in [-0.39, 0.29) is 41.9 Å². The number of quaternary nitrogens is 2. The van der Waals surface area contributed by atoms with Crippen LogP contribution in [0.5, 0.6) is 0 Å². The molecule has 242 valence electrons. The third-order valence-corrected chi connectivity index (χ3v) is 7.89. The number of hydrogen-bond donors (Lipinski definition) is 0. The molecule has 0 radical (unpaired) electrons. The van der Waals surface area contributed by atoms with E-state index in [9.17, 15) is 0 Å². The van der Waals surface area contributed by atoms with Crippen molar-refractivity contribution in [3.05, 3.63) is 0 Å². The summed E-state index contributed by atoms with van der Waals surface area (Å²) < 4.78 is 2.84. The standard InChI is InChI=1S/2C16H36N.Mo.2H2S.2S/c2*1-5-9-13-17(14-10-6-2,15-11-7-3)16-12-8-4;;;;;/h2*5-16H2,1-4H3;;2*1H2;;/q2*+1;;;;;/p-2. The van der Waals surface area contributed by atoms with Crippen LogP contribution < -0.4 is 0 Å². The molecule has 0 fully saturated rings. The second-order valence-corrected chi connectivity index (χ2v) is 14.9. The summed E-state index contributed by atoms with van der Waals surface area (Å²) in [5.74, 6) is 0. The molecule has 0 rings (SSSR count). The molecule has 7 heteroatoms. The first-order valence-corrected chi connectivity index (χ1v) is 22.1. The summed E-state index contributed by atoms with van der Waals surface area (Å²) in [7, 11) is 8.68. The van der Waals surface area contributed by atoms with Crippen molar-refractivity contribution in [1.82, 2.24) is 0 Å². The number of hydrogen-bond acceptors (Lipinski definition) is 4. The van der Waals surface area contributed by atoms with Crippen molar-refractivity contribution in [3.8, 4) is 0 Å². The Labute approximate surface area is 279 Å². The van der Waals surface area contributed by atoms with Crippen molar-refractivity contribution >= 4 is 46.6 Å². The predicted octanol–water partition coefficient (Wildman–Crippen LogP) is 10.8. The first kappa shape index (κ1) is 50.4. The zero-order chi connectivity index (χ0) is 28.7. The van der Waals surface area contributed by atoms with E-state index in [4.69, 9.17) is 0 Å². The normalized spacial score (nSPS) is 10.8. The molecule has 0 aliphatic carbocycles. The van der Waals surface area contributed by atoms with E-state index in [1.54, 1.807) is 0 Å².